The van der Waals surface area contributed by atoms with E-state index in [1.165, 1.54) is 5.56 Å². The van der Waals surface area contributed by atoms with Crippen molar-refractivity contribution in [2.24, 2.45) is 0 Å². The van der Waals surface area contributed by atoms with Crippen molar-refractivity contribution >= 4 is 0 Å². The zero-order valence-corrected chi connectivity index (χ0v) is 8.49. The molecular formula is C12H15NO. The maximum absolute atomic E-state index is 8.37. The fourth-order valence-corrected chi connectivity index (χ4v) is 1.33. The van der Waals surface area contributed by atoms with E-state index in [0.717, 1.165) is 25.0 Å². The van der Waals surface area contributed by atoms with E-state index in [-0.39, 0.29) is 0 Å². The standard InChI is InChI=1S/C12H15NO/c1-14-12-8-6-11(7-9-12)5-3-2-4-10-13/h6-9H,2-5H2,1H3. The van der Waals surface area contributed by atoms with Gasteiger partial charge in [-0.05, 0) is 37.0 Å². The smallest absolute Gasteiger partial charge is 0.118 e. The number of ether oxygens (including phenoxy) is 1. The second kappa shape index (κ2) is 6.04. The van der Waals surface area contributed by atoms with E-state index in [1.807, 2.05) is 12.1 Å². The molecule has 1 aromatic carbocycles. The van der Waals surface area contributed by atoms with Crippen molar-refractivity contribution in [2.45, 2.75) is 25.7 Å². The Labute approximate surface area is 85.1 Å². The summed E-state index contributed by atoms with van der Waals surface area (Å²) in [7, 11) is 1.67. The molecule has 0 aliphatic rings. The van der Waals surface area contributed by atoms with E-state index in [2.05, 4.69) is 18.2 Å². The van der Waals surface area contributed by atoms with E-state index in [0.29, 0.717) is 6.42 Å². The summed E-state index contributed by atoms with van der Waals surface area (Å²) in [6, 6.07) is 10.2. The third-order valence-corrected chi connectivity index (χ3v) is 2.16. The van der Waals surface area contributed by atoms with Crippen LogP contribution in [0.1, 0.15) is 24.8 Å². The van der Waals surface area contributed by atoms with Gasteiger partial charge in [0.2, 0.25) is 0 Å². The van der Waals surface area contributed by atoms with Gasteiger partial charge in [0.1, 0.15) is 5.75 Å². The van der Waals surface area contributed by atoms with Crippen molar-refractivity contribution in [3.05, 3.63) is 29.8 Å². The monoisotopic (exact) mass is 189 g/mol. The Kier molecular flexibility index (Phi) is 4.57. The molecule has 0 bridgehead atoms. The lowest BCUT2D eigenvalue weighted by atomic mass is 10.1. The van der Waals surface area contributed by atoms with Gasteiger partial charge in [-0.3, -0.25) is 0 Å². The average molecular weight is 189 g/mol. The second-order valence-electron chi connectivity index (χ2n) is 3.21. The lowest BCUT2D eigenvalue weighted by Gasteiger charge is -2.02. The van der Waals surface area contributed by atoms with Gasteiger partial charge < -0.3 is 4.74 Å². The summed E-state index contributed by atoms with van der Waals surface area (Å²) in [5.74, 6) is 0.894. The molecule has 2 nitrogen and oxygen atoms in total. The Morgan fingerprint density at radius 2 is 1.93 bits per heavy atom. The molecule has 0 aromatic heterocycles. The van der Waals surface area contributed by atoms with Crippen LogP contribution in [-0.2, 0) is 6.42 Å². The van der Waals surface area contributed by atoms with Crippen molar-refractivity contribution in [1.29, 1.82) is 5.26 Å². The van der Waals surface area contributed by atoms with Gasteiger partial charge >= 0.3 is 0 Å². The van der Waals surface area contributed by atoms with Crippen molar-refractivity contribution in [2.75, 3.05) is 7.11 Å². The molecule has 0 aliphatic heterocycles. The lowest BCUT2D eigenvalue weighted by molar-refractivity contribution is 0.414. The Bertz CT molecular complexity index is 297. The van der Waals surface area contributed by atoms with E-state index in [4.69, 9.17) is 10.00 Å². The molecule has 0 fully saturated rings. The molecule has 0 amide bonds. The number of rotatable bonds is 5. The van der Waals surface area contributed by atoms with Gasteiger partial charge in [0, 0.05) is 6.42 Å². The van der Waals surface area contributed by atoms with Gasteiger partial charge in [-0.2, -0.15) is 5.26 Å². The van der Waals surface area contributed by atoms with Gasteiger partial charge in [0.25, 0.3) is 0 Å². The fraction of sp³-hybridized carbons (Fsp3) is 0.417. The molecule has 1 aromatic rings. The zero-order valence-electron chi connectivity index (χ0n) is 8.49. The van der Waals surface area contributed by atoms with Crippen LogP contribution in [-0.4, -0.2) is 7.11 Å². The zero-order chi connectivity index (χ0) is 10.2. The van der Waals surface area contributed by atoms with E-state index >= 15 is 0 Å². The summed E-state index contributed by atoms with van der Waals surface area (Å²) >= 11 is 0. The summed E-state index contributed by atoms with van der Waals surface area (Å²) in [6.45, 7) is 0. The molecule has 0 saturated heterocycles. The molecule has 0 heterocycles. The van der Waals surface area contributed by atoms with Crippen LogP contribution in [0.3, 0.4) is 0 Å². The molecule has 1 rings (SSSR count). The van der Waals surface area contributed by atoms with Crippen molar-refractivity contribution in [3.63, 3.8) is 0 Å². The first-order valence-corrected chi connectivity index (χ1v) is 4.86. The van der Waals surface area contributed by atoms with Crippen molar-refractivity contribution in [1.82, 2.24) is 0 Å². The lowest BCUT2D eigenvalue weighted by Crippen LogP contribution is -1.87. The van der Waals surface area contributed by atoms with Crippen LogP contribution >= 0.6 is 0 Å². The third-order valence-electron chi connectivity index (χ3n) is 2.16. The minimum Gasteiger partial charge on any atom is -0.497 e. The van der Waals surface area contributed by atoms with E-state index in [9.17, 15) is 0 Å². The summed E-state index contributed by atoms with van der Waals surface area (Å²) < 4.78 is 5.07. The van der Waals surface area contributed by atoms with E-state index < -0.39 is 0 Å². The number of hydrogen-bond acceptors (Lipinski definition) is 2. The number of benzene rings is 1. The largest absolute Gasteiger partial charge is 0.497 e. The second-order valence-corrected chi connectivity index (χ2v) is 3.21. The van der Waals surface area contributed by atoms with Gasteiger partial charge in [0.05, 0.1) is 13.2 Å². The Balaban J connectivity index is 2.33. The molecule has 14 heavy (non-hydrogen) atoms. The number of unbranched alkanes of at least 4 members (excludes halogenated alkanes) is 2. The molecular weight excluding hydrogens is 174 g/mol. The first-order valence-electron chi connectivity index (χ1n) is 4.86. The average Bonchev–Trinajstić information content (AvgIpc) is 2.25. The van der Waals surface area contributed by atoms with Crippen LogP contribution in [0, 0.1) is 11.3 Å². The Morgan fingerprint density at radius 3 is 2.50 bits per heavy atom. The van der Waals surface area contributed by atoms with Crippen LogP contribution in [0.25, 0.3) is 0 Å². The normalized spacial score (nSPS) is 9.43. The highest BCUT2D eigenvalue weighted by Gasteiger charge is 1.94. The summed E-state index contributed by atoms with van der Waals surface area (Å²) in [5, 5.41) is 8.37. The summed E-state index contributed by atoms with van der Waals surface area (Å²) in [6.07, 6.45) is 3.78. The maximum atomic E-state index is 8.37. The van der Waals surface area contributed by atoms with Gasteiger partial charge in [0.15, 0.2) is 0 Å². The predicted octanol–water partition coefficient (Wildman–Crippen LogP) is 2.93. The number of methoxy groups -OCH3 is 1. The topological polar surface area (TPSA) is 33.0 Å². The van der Waals surface area contributed by atoms with Gasteiger partial charge in [-0.25, -0.2) is 0 Å². The molecule has 0 unspecified atom stereocenters. The number of hydrogen-bond donors (Lipinski definition) is 0. The summed E-state index contributed by atoms with van der Waals surface area (Å²) in [5.41, 5.74) is 1.31. The highest BCUT2D eigenvalue weighted by Crippen LogP contribution is 2.13. The van der Waals surface area contributed by atoms with Crippen LogP contribution in [0.15, 0.2) is 24.3 Å². The van der Waals surface area contributed by atoms with Gasteiger partial charge in [-0.1, -0.05) is 12.1 Å². The summed E-state index contributed by atoms with van der Waals surface area (Å²) in [4.78, 5) is 0. The van der Waals surface area contributed by atoms with Crippen molar-refractivity contribution in [3.8, 4) is 11.8 Å². The first-order chi connectivity index (χ1) is 6.86. The van der Waals surface area contributed by atoms with Crippen LogP contribution < -0.4 is 4.74 Å². The maximum Gasteiger partial charge on any atom is 0.118 e. The van der Waals surface area contributed by atoms with Gasteiger partial charge in [-0.15, -0.1) is 0 Å². The van der Waals surface area contributed by atoms with Crippen molar-refractivity contribution < 1.29 is 4.74 Å². The Hall–Kier alpha value is -1.49. The first kappa shape index (κ1) is 10.6. The quantitative estimate of drug-likeness (QED) is 0.667. The number of aryl methyl sites for hydroxylation is 1. The molecule has 2 heteroatoms. The highest BCUT2D eigenvalue weighted by molar-refractivity contribution is 5.27. The van der Waals surface area contributed by atoms with Crippen LogP contribution in [0.2, 0.25) is 0 Å². The Morgan fingerprint density at radius 1 is 1.21 bits per heavy atom. The molecule has 74 valence electrons. The van der Waals surface area contributed by atoms with E-state index in [1.54, 1.807) is 7.11 Å². The molecule has 0 spiro atoms. The number of nitriles is 1. The third kappa shape index (κ3) is 3.49. The highest BCUT2D eigenvalue weighted by atomic mass is 16.5. The van der Waals surface area contributed by atoms with Crippen LogP contribution in [0.5, 0.6) is 5.75 Å². The SMILES string of the molecule is COc1ccc(CCCCC#N)cc1. The molecule has 0 saturated carbocycles. The molecule has 0 N–H and O–H groups in total. The minimum atomic E-state index is 0.663. The number of nitrogens with zero attached hydrogens (tertiary/aromatic N) is 1. The molecule has 0 aliphatic carbocycles. The fourth-order valence-electron chi connectivity index (χ4n) is 1.33. The predicted molar refractivity (Wildman–Crippen MR) is 56.2 cm³/mol. The minimum absolute atomic E-state index is 0.663. The molecule has 0 radical (unpaired) electrons. The molecule has 0 atom stereocenters. The van der Waals surface area contributed by atoms with Crippen LogP contribution in [0.4, 0.5) is 0 Å².